The van der Waals surface area contributed by atoms with Gasteiger partial charge in [-0.15, -0.1) is 0 Å². The zero-order valence-electron chi connectivity index (χ0n) is 12.7. The predicted octanol–water partition coefficient (Wildman–Crippen LogP) is 2.30. The van der Waals surface area contributed by atoms with Crippen molar-refractivity contribution in [3.05, 3.63) is 46.5 Å². The van der Waals surface area contributed by atoms with E-state index in [2.05, 4.69) is 5.32 Å². The molecule has 1 aromatic carbocycles. The minimum Gasteiger partial charge on any atom is -0.481 e. The molecule has 6 atom stereocenters. The number of anilines is 1. The number of nitrogens with zero attached hydrogens (tertiary/aromatic N) is 1. The number of benzene rings is 1. The van der Waals surface area contributed by atoms with E-state index < -0.39 is 22.7 Å². The number of rotatable bonds is 4. The van der Waals surface area contributed by atoms with Crippen molar-refractivity contribution in [2.45, 2.75) is 6.42 Å². The van der Waals surface area contributed by atoms with E-state index >= 15 is 0 Å². The zero-order chi connectivity index (χ0) is 17.0. The Morgan fingerprint density at radius 1 is 1.17 bits per heavy atom. The third-order valence-electron chi connectivity index (χ3n) is 5.56. The summed E-state index contributed by atoms with van der Waals surface area (Å²) in [7, 11) is 0. The Bertz CT molecular complexity index is 774. The number of aliphatic carboxylic acids is 1. The third kappa shape index (κ3) is 2.19. The van der Waals surface area contributed by atoms with Crippen molar-refractivity contribution in [3.8, 4) is 0 Å². The molecule has 0 radical (unpaired) electrons. The number of hydrogen-bond donors (Lipinski definition) is 2. The topological polar surface area (TPSA) is 110 Å². The quantitative estimate of drug-likeness (QED) is 0.501. The van der Waals surface area contributed by atoms with Crippen LogP contribution in [0.5, 0.6) is 0 Å². The second-order valence-electron chi connectivity index (χ2n) is 6.79. The van der Waals surface area contributed by atoms with Crippen LogP contribution in [0.2, 0.25) is 0 Å². The van der Waals surface area contributed by atoms with Crippen LogP contribution >= 0.6 is 0 Å². The van der Waals surface area contributed by atoms with Crippen molar-refractivity contribution in [1.82, 2.24) is 0 Å². The van der Waals surface area contributed by atoms with Crippen LogP contribution < -0.4 is 5.32 Å². The van der Waals surface area contributed by atoms with Crippen LogP contribution in [0.3, 0.4) is 0 Å². The first kappa shape index (κ1) is 14.9. The van der Waals surface area contributed by atoms with Crippen LogP contribution in [0.15, 0.2) is 36.4 Å². The summed E-state index contributed by atoms with van der Waals surface area (Å²) in [4.78, 5) is 34.8. The van der Waals surface area contributed by atoms with Gasteiger partial charge in [0, 0.05) is 17.8 Å². The summed E-state index contributed by atoms with van der Waals surface area (Å²) < 4.78 is 0. The molecule has 0 saturated heterocycles. The second-order valence-corrected chi connectivity index (χ2v) is 6.79. The smallest absolute Gasteiger partial charge is 0.307 e. The lowest BCUT2D eigenvalue weighted by atomic mass is 9.62. The van der Waals surface area contributed by atoms with Gasteiger partial charge in [-0.1, -0.05) is 18.2 Å². The normalized spacial score (nSPS) is 35.2. The first-order valence-electron chi connectivity index (χ1n) is 7.94. The fourth-order valence-electron chi connectivity index (χ4n) is 4.49. The summed E-state index contributed by atoms with van der Waals surface area (Å²) in [6.45, 7) is 0. The molecule has 24 heavy (non-hydrogen) atoms. The number of allylic oxidation sites excluding steroid dienone is 2. The molecule has 2 fully saturated rings. The maximum atomic E-state index is 12.7. The number of non-ortho nitro benzene ring substituents is 1. The number of nitro groups is 1. The molecular weight excluding hydrogens is 312 g/mol. The fraction of sp³-hybridized carbons (Fsp3) is 0.412. The summed E-state index contributed by atoms with van der Waals surface area (Å²) in [5.41, 5.74) is 0.200. The van der Waals surface area contributed by atoms with Crippen LogP contribution in [0.1, 0.15) is 6.42 Å². The number of carboxylic acids is 1. The van der Waals surface area contributed by atoms with Gasteiger partial charge in [-0.3, -0.25) is 19.7 Å². The lowest BCUT2D eigenvalue weighted by Gasteiger charge is -2.41. The largest absolute Gasteiger partial charge is 0.481 e. The Hall–Kier alpha value is -2.70. The van der Waals surface area contributed by atoms with E-state index in [1.165, 1.54) is 18.2 Å². The number of fused-ring (bicyclic) bond motifs is 1. The zero-order valence-corrected chi connectivity index (χ0v) is 12.7. The Morgan fingerprint density at radius 3 is 2.46 bits per heavy atom. The minimum atomic E-state index is -0.945. The lowest BCUT2D eigenvalue weighted by molar-refractivity contribution is -0.384. The molecule has 7 heteroatoms. The minimum absolute atomic E-state index is 0.0557. The maximum absolute atomic E-state index is 12.7. The van der Waals surface area contributed by atoms with E-state index in [0.29, 0.717) is 17.5 Å². The highest BCUT2D eigenvalue weighted by atomic mass is 16.6. The van der Waals surface area contributed by atoms with E-state index in [9.17, 15) is 24.8 Å². The number of carbonyl (C=O) groups is 2. The highest BCUT2D eigenvalue weighted by Gasteiger charge is 2.62. The molecule has 0 aliphatic heterocycles. The molecule has 2 N–H and O–H groups in total. The van der Waals surface area contributed by atoms with Crippen LogP contribution in [0.4, 0.5) is 11.4 Å². The number of carbonyl (C=O) groups excluding carboxylic acids is 1. The Labute approximate surface area is 137 Å². The monoisotopic (exact) mass is 328 g/mol. The highest BCUT2D eigenvalue weighted by Crippen LogP contribution is 2.63. The summed E-state index contributed by atoms with van der Waals surface area (Å²) in [5.74, 6) is -2.01. The van der Waals surface area contributed by atoms with Gasteiger partial charge in [-0.2, -0.15) is 0 Å². The molecule has 124 valence electrons. The summed E-state index contributed by atoms with van der Waals surface area (Å²) in [6, 6.07) is 5.68. The fourth-order valence-corrected chi connectivity index (χ4v) is 4.49. The van der Waals surface area contributed by atoms with Gasteiger partial charge in [0.25, 0.3) is 5.69 Å². The number of amides is 1. The van der Waals surface area contributed by atoms with E-state index in [1.54, 1.807) is 6.07 Å². The molecule has 0 heterocycles. The van der Waals surface area contributed by atoms with Crippen LogP contribution in [0, 0.1) is 45.6 Å². The molecule has 5 rings (SSSR count). The summed E-state index contributed by atoms with van der Waals surface area (Å²) in [6.07, 6.45) is 4.91. The lowest BCUT2D eigenvalue weighted by Crippen LogP contribution is -2.48. The van der Waals surface area contributed by atoms with Crippen molar-refractivity contribution in [2.75, 3.05) is 5.32 Å². The predicted molar refractivity (Wildman–Crippen MR) is 84.1 cm³/mol. The second kappa shape index (κ2) is 5.15. The summed E-state index contributed by atoms with van der Waals surface area (Å²) >= 11 is 0. The van der Waals surface area contributed by atoms with Crippen molar-refractivity contribution >= 4 is 23.3 Å². The van der Waals surface area contributed by atoms with Gasteiger partial charge in [0.05, 0.1) is 16.8 Å². The van der Waals surface area contributed by atoms with Crippen LogP contribution in [-0.4, -0.2) is 21.9 Å². The molecule has 1 aromatic rings. The van der Waals surface area contributed by atoms with E-state index in [4.69, 9.17) is 0 Å². The van der Waals surface area contributed by atoms with Crippen molar-refractivity contribution < 1.29 is 19.6 Å². The molecule has 1 amide bonds. The van der Waals surface area contributed by atoms with E-state index in [1.807, 2.05) is 12.2 Å². The van der Waals surface area contributed by atoms with Crippen molar-refractivity contribution in [1.29, 1.82) is 0 Å². The maximum Gasteiger partial charge on any atom is 0.307 e. The highest BCUT2D eigenvalue weighted by molar-refractivity contribution is 5.96. The first-order valence-corrected chi connectivity index (χ1v) is 7.94. The van der Waals surface area contributed by atoms with Gasteiger partial charge >= 0.3 is 5.97 Å². The number of nitrogens with one attached hydrogen (secondary N) is 1. The van der Waals surface area contributed by atoms with Gasteiger partial charge in [-0.25, -0.2) is 0 Å². The third-order valence-corrected chi connectivity index (χ3v) is 5.56. The van der Waals surface area contributed by atoms with Gasteiger partial charge in [0.2, 0.25) is 5.91 Å². The van der Waals surface area contributed by atoms with Gasteiger partial charge in [0.1, 0.15) is 0 Å². The van der Waals surface area contributed by atoms with E-state index in [0.717, 1.165) is 6.42 Å². The summed E-state index contributed by atoms with van der Waals surface area (Å²) in [5, 5.41) is 23.1. The molecule has 0 aromatic heterocycles. The van der Waals surface area contributed by atoms with Crippen LogP contribution in [0.25, 0.3) is 0 Å². The molecule has 2 saturated carbocycles. The Morgan fingerprint density at radius 2 is 1.83 bits per heavy atom. The molecule has 0 spiro atoms. The van der Waals surface area contributed by atoms with Crippen LogP contribution in [-0.2, 0) is 9.59 Å². The number of carboxylic acid groups (broad SMARTS) is 1. The molecule has 2 bridgehead atoms. The molecule has 0 unspecified atom stereocenters. The molecule has 4 aliphatic rings. The molecule has 4 aliphatic carbocycles. The standard InChI is InChI=1S/C17H16N2O5/c20-16(18-8-2-1-3-9(6-8)19(23)24)14-10-4-5-11(13-7-12(10)13)15(14)17(21)22/h1-6,10-15H,7H2,(H,18,20)(H,21,22)/t10-,11-,12-,13-,14+,15+/m0/s1. The molecule has 7 nitrogen and oxygen atoms in total. The van der Waals surface area contributed by atoms with Gasteiger partial charge in [-0.05, 0) is 36.2 Å². The SMILES string of the molecule is O=C(O)[C@@H]1[C@H]2C=C[C@@H]([C@@H]3C[C@@H]23)[C@H]1C(=O)Nc1cccc([N+](=O)[O-])c1. The van der Waals surface area contributed by atoms with Gasteiger partial charge < -0.3 is 10.4 Å². The first-order chi connectivity index (χ1) is 11.5. The van der Waals surface area contributed by atoms with Crippen molar-refractivity contribution in [2.24, 2.45) is 35.5 Å². The van der Waals surface area contributed by atoms with Gasteiger partial charge in [0.15, 0.2) is 0 Å². The average Bonchev–Trinajstić information content (AvgIpc) is 3.36. The van der Waals surface area contributed by atoms with E-state index in [-0.39, 0.29) is 23.4 Å². The number of nitro benzene ring substituents is 1. The average molecular weight is 328 g/mol. The number of hydrogen-bond acceptors (Lipinski definition) is 4. The molecular formula is C17H16N2O5. The Balaban J connectivity index is 1.59. The Kier molecular flexibility index (Phi) is 3.19. The van der Waals surface area contributed by atoms with Crippen molar-refractivity contribution in [3.63, 3.8) is 0 Å².